The number of hydrogen-bond acceptors (Lipinski definition) is 7. The van der Waals surface area contributed by atoms with E-state index in [1.807, 2.05) is 0 Å². The Morgan fingerprint density at radius 3 is 2.45 bits per heavy atom. The van der Waals surface area contributed by atoms with Gasteiger partial charge in [-0.3, -0.25) is 14.5 Å². The van der Waals surface area contributed by atoms with Crippen LogP contribution >= 0.6 is 11.8 Å². The van der Waals surface area contributed by atoms with Crippen molar-refractivity contribution in [2.45, 2.75) is 49.9 Å². The van der Waals surface area contributed by atoms with Gasteiger partial charge in [0, 0.05) is 49.8 Å². The Bertz CT molecular complexity index is 1560. The Labute approximate surface area is 260 Å². The predicted molar refractivity (Wildman–Crippen MR) is 168 cm³/mol. The second kappa shape index (κ2) is 12.4. The van der Waals surface area contributed by atoms with Gasteiger partial charge in [-0.15, -0.1) is 0 Å². The summed E-state index contributed by atoms with van der Waals surface area (Å²) in [6.45, 7) is 3.07. The van der Waals surface area contributed by atoms with Crippen molar-refractivity contribution in [3.8, 4) is 0 Å². The van der Waals surface area contributed by atoms with Crippen molar-refractivity contribution in [2.24, 2.45) is 0 Å². The number of rotatable bonds is 10. The number of carboxylic acids is 1. The van der Waals surface area contributed by atoms with Gasteiger partial charge in [0.1, 0.15) is 17.4 Å². The molecule has 3 aromatic carbocycles. The number of anilines is 1. The van der Waals surface area contributed by atoms with Crippen LogP contribution in [0.15, 0.2) is 60.7 Å². The van der Waals surface area contributed by atoms with Crippen LogP contribution in [-0.2, 0) is 20.8 Å². The highest BCUT2D eigenvalue weighted by Crippen LogP contribution is 2.45. The molecule has 2 aliphatic heterocycles. The van der Waals surface area contributed by atoms with Gasteiger partial charge < -0.3 is 25.3 Å². The molecule has 3 aliphatic rings. The molecule has 232 valence electrons. The number of thioether (sulfide) groups is 1. The molecule has 3 atom stereocenters. The molecule has 2 heterocycles. The van der Waals surface area contributed by atoms with Crippen LogP contribution in [0.4, 0.5) is 10.1 Å². The molecule has 2 amide bonds. The molecule has 3 N–H and O–H groups in total. The van der Waals surface area contributed by atoms with Gasteiger partial charge in [-0.25, -0.2) is 9.18 Å². The minimum absolute atomic E-state index is 0.0519. The zero-order valence-corrected chi connectivity index (χ0v) is 25.4. The molecule has 11 heteroatoms. The van der Waals surface area contributed by atoms with Crippen LogP contribution in [0.25, 0.3) is 10.8 Å². The summed E-state index contributed by atoms with van der Waals surface area (Å²) >= 11 is 1.21. The number of piperidine rings is 1. The first-order valence-corrected chi connectivity index (χ1v) is 16.1. The van der Waals surface area contributed by atoms with E-state index < -0.39 is 29.6 Å². The van der Waals surface area contributed by atoms with Crippen LogP contribution in [0.2, 0.25) is 0 Å². The quantitative estimate of drug-likeness (QED) is 0.316. The summed E-state index contributed by atoms with van der Waals surface area (Å²) in [5.74, 6) is -1.67. The van der Waals surface area contributed by atoms with Crippen molar-refractivity contribution in [2.75, 3.05) is 42.7 Å². The molecule has 0 aromatic heterocycles. The number of amides is 2. The lowest BCUT2D eigenvalue weighted by Crippen LogP contribution is -2.57. The lowest BCUT2D eigenvalue weighted by molar-refractivity contribution is -0.140. The monoisotopic (exact) mass is 620 g/mol. The number of aliphatic hydroxyl groups excluding tert-OH is 1. The molecular formula is C33H37FN4O5S. The van der Waals surface area contributed by atoms with E-state index in [2.05, 4.69) is 51.5 Å². The first-order valence-electron chi connectivity index (χ1n) is 15.0. The SMILES string of the molecule is CC(=O)N[C@@H](CSC[C@@H](O)CN1CN(c2ccc(F)cc2)C2(CCN(C3Cc4cccc5cccc3c45)CC2)C1=O)C(=O)O. The fourth-order valence-corrected chi connectivity index (χ4v) is 8.13. The normalized spacial score (nSPS) is 20.8. The average molecular weight is 621 g/mol. The number of carboxylic acid groups (broad SMARTS) is 1. The van der Waals surface area contributed by atoms with Crippen molar-refractivity contribution < 1.29 is 29.0 Å². The molecule has 0 saturated carbocycles. The van der Waals surface area contributed by atoms with Crippen LogP contribution in [0.3, 0.4) is 0 Å². The summed E-state index contributed by atoms with van der Waals surface area (Å²) in [5, 5.41) is 25.2. The molecule has 2 saturated heterocycles. The fourth-order valence-electron chi connectivity index (χ4n) is 7.15. The van der Waals surface area contributed by atoms with Gasteiger partial charge in [0.2, 0.25) is 11.8 Å². The summed E-state index contributed by atoms with van der Waals surface area (Å²) < 4.78 is 13.9. The Hall–Kier alpha value is -3.67. The van der Waals surface area contributed by atoms with E-state index in [-0.39, 0.29) is 42.5 Å². The van der Waals surface area contributed by atoms with Gasteiger partial charge in [0.25, 0.3) is 0 Å². The standard InChI is InChI=1S/C33H37FN4O5S/c1-21(39)35-28(31(41)42)19-44-18-26(40)17-37-20-38(25-10-8-24(34)9-11-25)33(32(37)43)12-14-36(15-13-33)29-16-23-6-2-4-22-5-3-7-27(29)30(22)23/h2-11,26,28-29,40H,12-20H2,1H3,(H,35,39)(H,41,42)/t26-,28-,29?/m0/s1. The maximum Gasteiger partial charge on any atom is 0.327 e. The Morgan fingerprint density at radius 2 is 1.77 bits per heavy atom. The van der Waals surface area contributed by atoms with Gasteiger partial charge in [-0.2, -0.15) is 11.8 Å². The lowest BCUT2D eigenvalue weighted by Gasteiger charge is -2.45. The topological polar surface area (TPSA) is 113 Å². The third-order valence-electron chi connectivity index (χ3n) is 9.22. The number of β-amino-alcohol motifs (C(OH)–C–C–N with tert-alkyl or cyclic N) is 1. The summed E-state index contributed by atoms with van der Waals surface area (Å²) in [4.78, 5) is 43.1. The number of benzene rings is 3. The van der Waals surface area contributed by atoms with Gasteiger partial charge in [0.05, 0.1) is 12.8 Å². The molecule has 2 fully saturated rings. The summed E-state index contributed by atoms with van der Waals surface area (Å²) in [7, 11) is 0. The molecule has 0 radical (unpaired) electrons. The van der Waals surface area contributed by atoms with Crippen LogP contribution in [0.1, 0.15) is 36.9 Å². The second-order valence-electron chi connectivity index (χ2n) is 12.0. The molecule has 6 rings (SSSR count). The van der Waals surface area contributed by atoms with Gasteiger partial charge in [0.15, 0.2) is 0 Å². The van der Waals surface area contributed by atoms with E-state index in [9.17, 15) is 29.0 Å². The first kappa shape index (κ1) is 30.4. The maximum absolute atomic E-state index is 14.2. The highest BCUT2D eigenvalue weighted by atomic mass is 32.2. The van der Waals surface area contributed by atoms with Crippen molar-refractivity contribution in [3.63, 3.8) is 0 Å². The number of carbonyl (C=O) groups excluding carboxylic acids is 2. The number of hydrogen-bond donors (Lipinski definition) is 3. The minimum atomic E-state index is -1.14. The van der Waals surface area contributed by atoms with Crippen LogP contribution in [0.5, 0.6) is 0 Å². The van der Waals surface area contributed by atoms with E-state index in [0.29, 0.717) is 12.8 Å². The third kappa shape index (κ3) is 5.76. The molecule has 9 nitrogen and oxygen atoms in total. The zero-order chi connectivity index (χ0) is 31.0. The van der Waals surface area contributed by atoms with Crippen LogP contribution < -0.4 is 10.2 Å². The Balaban J connectivity index is 1.16. The van der Waals surface area contributed by atoms with E-state index in [4.69, 9.17) is 0 Å². The number of nitrogens with zero attached hydrogens (tertiary/aromatic N) is 3. The number of likely N-dealkylation sites (tertiary alicyclic amines) is 1. The van der Waals surface area contributed by atoms with E-state index in [1.165, 1.54) is 52.7 Å². The largest absolute Gasteiger partial charge is 0.480 e. The number of halogens is 1. The maximum atomic E-state index is 14.2. The second-order valence-corrected chi connectivity index (χ2v) is 13.1. The van der Waals surface area contributed by atoms with E-state index in [0.717, 1.165) is 25.2 Å². The molecule has 1 unspecified atom stereocenters. The summed E-state index contributed by atoms with van der Waals surface area (Å²) in [5.41, 5.74) is 2.65. The van der Waals surface area contributed by atoms with E-state index >= 15 is 0 Å². The van der Waals surface area contributed by atoms with Gasteiger partial charge in [-0.1, -0.05) is 36.4 Å². The van der Waals surface area contributed by atoms with Crippen LogP contribution in [-0.4, -0.2) is 93.3 Å². The smallest absolute Gasteiger partial charge is 0.327 e. The van der Waals surface area contributed by atoms with Crippen molar-refractivity contribution in [1.82, 2.24) is 15.1 Å². The molecule has 3 aromatic rings. The van der Waals surface area contributed by atoms with E-state index in [1.54, 1.807) is 17.0 Å². The van der Waals surface area contributed by atoms with Crippen molar-refractivity contribution >= 4 is 46.0 Å². The number of aliphatic carboxylic acids is 1. The number of carbonyl (C=O) groups is 3. The highest BCUT2D eigenvalue weighted by molar-refractivity contribution is 7.99. The molecule has 44 heavy (non-hydrogen) atoms. The highest BCUT2D eigenvalue weighted by Gasteiger charge is 2.54. The van der Waals surface area contributed by atoms with Crippen LogP contribution in [0, 0.1) is 5.82 Å². The van der Waals surface area contributed by atoms with Gasteiger partial charge in [-0.05, 0) is 65.4 Å². The average Bonchev–Trinajstić information content (AvgIpc) is 3.50. The first-order chi connectivity index (χ1) is 21.2. The molecule has 1 aliphatic carbocycles. The molecule has 0 bridgehead atoms. The van der Waals surface area contributed by atoms with Gasteiger partial charge >= 0.3 is 5.97 Å². The predicted octanol–water partition coefficient (Wildman–Crippen LogP) is 3.40. The Morgan fingerprint density at radius 1 is 1.07 bits per heavy atom. The summed E-state index contributed by atoms with van der Waals surface area (Å²) in [6.07, 6.45) is 1.26. The number of aliphatic hydroxyl groups is 1. The van der Waals surface area contributed by atoms with Crippen molar-refractivity contribution in [1.29, 1.82) is 0 Å². The van der Waals surface area contributed by atoms with Crippen molar-refractivity contribution in [3.05, 3.63) is 77.6 Å². The molecular weight excluding hydrogens is 583 g/mol. The minimum Gasteiger partial charge on any atom is -0.480 e. The third-order valence-corrected chi connectivity index (χ3v) is 10.4. The summed E-state index contributed by atoms with van der Waals surface area (Å²) in [6, 6.07) is 18.4. The fraction of sp³-hybridized carbons (Fsp3) is 0.424. The lowest BCUT2D eigenvalue weighted by atomic mass is 9.84. The zero-order valence-electron chi connectivity index (χ0n) is 24.6. The Kier molecular flexibility index (Phi) is 8.54. The number of nitrogens with one attached hydrogen (secondary N) is 1. The molecule has 1 spiro atoms.